The van der Waals surface area contributed by atoms with Gasteiger partial charge >= 0.3 is 6.09 Å². The number of carbonyl (C=O) groups is 3. The first-order valence-electron chi connectivity index (χ1n) is 10.5. The minimum Gasteiger partial charge on any atom is -0.444 e. The second-order valence-corrected chi connectivity index (χ2v) is 10.6. The van der Waals surface area contributed by atoms with E-state index < -0.39 is 40.6 Å². The molecule has 11 heteroatoms. The van der Waals surface area contributed by atoms with Crippen LogP contribution in [0.5, 0.6) is 0 Å². The number of fused-ring (bicyclic) bond motifs is 1. The van der Waals surface area contributed by atoms with Crippen molar-refractivity contribution in [3.8, 4) is 0 Å². The number of thioether (sulfide) groups is 1. The summed E-state index contributed by atoms with van der Waals surface area (Å²) in [7, 11) is 0. The van der Waals surface area contributed by atoms with Crippen LogP contribution in [0.3, 0.4) is 0 Å². The Morgan fingerprint density at radius 2 is 1.88 bits per heavy atom. The maximum Gasteiger partial charge on any atom is 0.408 e. The zero-order valence-corrected chi connectivity index (χ0v) is 20.7. The Hall–Kier alpha value is -2.82. The number of halogens is 2. The Morgan fingerprint density at radius 1 is 1.24 bits per heavy atom. The van der Waals surface area contributed by atoms with Crippen molar-refractivity contribution in [2.75, 3.05) is 4.90 Å². The van der Waals surface area contributed by atoms with Crippen molar-refractivity contribution in [3.63, 3.8) is 0 Å². The molecule has 1 heterocycles. The highest BCUT2D eigenvalue weighted by atomic mass is 35.5. The molecular weight excluding hydrogens is 483 g/mol. The standard InChI is InChI=1S/C23H26ClFN4O4S/c1-12-19(27-22(32)33-23(2,3)4)21(31)29(11-13-5-7-14(24)8-6-13)17-9-15(20(30)28-26)16(25)10-18(17)34-12/h5-10,12,19H,11,26H2,1-4H3,(H,27,32)(H,28,30)/t12-,19+/m1/s1. The van der Waals surface area contributed by atoms with Crippen LogP contribution >= 0.6 is 23.4 Å². The minimum absolute atomic E-state index is 0.0953. The van der Waals surface area contributed by atoms with Crippen molar-refractivity contribution in [1.82, 2.24) is 10.7 Å². The number of hydrazine groups is 1. The van der Waals surface area contributed by atoms with Gasteiger partial charge in [-0.25, -0.2) is 15.0 Å². The largest absolute Gasteiger partial charge is 0.444 e. The normalized spacial score (nSPS) is 18.1. The van der Waals surface area contributed by atoms with Crippen LogP contribution in [0.2, 0.25) is 5.02 Å². The lowest BCUT2D eigenvalue weighted by Crippen LogP contribution is -2.52. The SMILES string of the molecule is C[C@H]1Sc2cc(F)c(C(=O)NN)cc2N(Cc2ccc(Cl)cc2)C(=O)[C@H]1NC(=O)OC(C)(C)C. The topological polar surface area (TPSA) is 114 Å². The van der Waals surface area contributed by atoms with Gasteiger partial charge in [-0.2, -0.15) is 0 Å². The summed E-state index contributed by atoms with van der Waals surface area (Å²) in [5.74, 6) is 3.16. The van der Waals surface area contributed by atoms with Crippen molar-refractivity contribution in [3.05, 3.63) is 58.4 Å². The number of nitrogens with one attached hydrogen (secondary N) is 2. The lowest BCUT2D eigenvalue weighted by atomic mass is 10.1. The van der Waals surface area contributed by atoms with Gasteiger partial charge < -0.3 is 15.0 Å². The molecule has 3 amide bonds. The van der Waals surface area contributed by atoms with Crippen LogP contribution in [0.4, 0.5) is 14.9 Å². The van der Waals surface area contributed by atoms with E-state index in [1.54, 1.807) is 52.0 Å². The molecule has 2 aromatic rings. The fourth-order valence-electron chi connectivity index (χ4n) is 3.41. The summed E-state index contributed by atoms with van der Waals surface area (Å²) in [5, 5.41) is 2.71. The molecular formula is C23H26ClFN4O4S. The molecule has 3 rings (SSSR count). The molecule has 182 valence electrons. The highest BCUT2D eigenvalue weighted by Crippen LogP contribution is 2.40. The molecule has 2 aromatic carbocycles. The first-order valence-corrected chi connectivity index (χ1v) is 11.7. The van der Waals surface area contributed by atoms with E-state index in [-0.39, 0.29) is 12.1 Å². The molecule has 0 saturated carbocycles. The van der Waals surface area contributed by atoms with E-state index in [1.165, 1.54) is 28.8 Å². The van der Waals surface area contributed by atoms with Gasteiger partial charge in [-0.3, -0.25) is 15.0 Å². The number of benzene rings is 2. The Kier molecular flexibility index (Phi) is 7.74. The predicted octanol–water partition coefficient (Wildman–Crippen LogP) is 4.00. The molecule has 8 nitrogen and oxygen atoms in total. The van der Waals surface area contributed by atoms with Crippen LogP contribution in [0.15, 0.2) is 41.3 Å². The number of ether oxygens (including phenoxy) is 1. The predicted molar refractivity (Wildman–Crippen MR) is 129 cm³/mol. The molecule has 0 aromatic heterocycles. The first-order chi connectivity index (χ1) is 15.9. The van der Waals surface area contributed by atoms with Gasteiger partial charge in [0.1, 0.15) is 17.5 Å². The Labute approximate surface area is 206 Å². The summed E-state index contributed by atoms with van der Waals surface area (Å²) in [6.45, 7) is 7.00. The van der Waals surface area contributed by atoms with Gasteiger partial charge in [0.15, 0.2) is 0 Å². The number of alkyl carbamates (subject to hydrolysis) is 1. The van der Waals surface area contributed by atoms with Crippen molar-refractivity contribution >= 4 is 47.0 Å². The van der Waals surface area contributed by atoms with Gasteiger partial charge in [0.2, 0.25) is 0 Å². The lowest BCUT2D eigenvalue weighted by Gasteiger charge is -2.28. The summed E-state index contributed by atoms with van der Waals surface area (Å²) in [4.78, 5) is 40.2. The number of hydrogen-bond acceptors (Lipinski definition) is 6. The summed E-state index contributed by atoms with van der Waals surface area (Å²) in [5.41, 5.74) is 1.92. The van der Waals surface area contributed by atoms with Crippen LogP contribution in [-0.4, -0.2) is 34.8 Å². The number of hydrogen-bond donors (Lipinski definition) is 3. The molecule has 0 unspecified atom stereocenters. The molecule has 34 heavy (non-hydrogen) atoms. The van der Waals surface area contributed by atoms with E-state index in [0.717, 1.165) is 5.56 Å². The molecule has 0 bridgehead atoms. The van der Waals surface area contributed by atoms with E-state index in [2.05, 4.69) is 5.32 Å². The average molecular weight is 509 g/mol. The van der Waals surface area contributed by atoms with Gasteiger partial charge in [0, 0.05) is 15.2 Å². The average Bonchev–Trinajstić information content (AvgIpc) is 2.83. The van der Waals surface area contributed by atoms with Crippen LogP contribution in [0.1, 0.15) is 43.6 Å². The fraction of sp³-hybridized carbons (Fsp3) is 0.348. The highest BCUT2D eigenvalue weighted by molar-refractivity contribution is 8.00. The maximum atomic E-state index is 14.7. The van der Waals surface area contributed by atoms with Crippen LogP contribution in [-0.2, 0) is 16.1 Å². The van der Waals surface area contributed by atoms with Crippen LogP contribution in [0, 0.1) is 5.82 Å². The quantitative estimate of drug-likeness (QED) is 0.327. The van der Waals surface area contributed by atoms with Gasteiger partial charge in [-0.1, -0.05) is 30.7 Å². The summed E-state index contributed by atoms with van der Waals surface area (Å²) < 4.78 is 20.1. The number of carbonyl (C=O) groups excluding carboxylic acids is 3. The summed E-state index contributed by atoms with van der Waals surface area (Å²) in [6, 6.07) is 8.38. The molecule has 0 saturated heterocycles. The van der Waals surface area contributed by atoms with E-state index in [0.29, 0.717) is 15.6 Å². The first kappa shape index (κ1) is 25.8. The van der Waals surface area contributed by atoms with E-state index in [1.807, 2.05) is 5.43 Å². The van der Waals surface area contributed by atoms with Gasteiger partial charge in [0.25, 0.3) is 11.8 Å². The molecule has 4 N–H and O–H groups in total. The fourth-order valence-corrected chi connectivity index (χ4v) is 4.71. The number of amides is 3. The molecule has 1 aliphatic heterocycles. The Balaban J connectivity index is 2.06. The van der Waals surface area contributed by atoms with Crippen molar-refractivity contribution in [1.29, 1.82) is 0 Å². The van der Waals surface area contributed by atoms with Gasteiger partial charge in [-0.05, 0) is 50.6 Å². The van der Waals surface area contributed by atoms with Gasteiger partial charge in [-0.15, -0.1) is 11.8 Å². The van der Waals surface area contributed by atoms with Gasteiger partial charge in [0.05, 0.1) is 17.8 Å². The zero-order valence-electron chi connectivity index (χ0n) is 19.1. The van der Waals surface area contributed by atoms with E-state index in [9.17, 15) is 18.8 Å². The third-order valence-electron chi connectivity index (χ3n) is 4.96. The highest BCUT2D eigenvalue weighted by Gasteiger charge is 2.38. The van der Waals surface area contributed by atoms with Crippen LogP contribution < -0.4 is 21.5 Å². The number of nitrogens with zero attached hydrogens (tertiary/aromatic N) is 1. The summed E-state index contributed by atoms with van der Waals surface area (Å²) in [6.07, 6.45) is -0.745. The van der Waals surface area contributed by atoms with Crippen molar-refractivity contribution in [2.24, 2.45) is 5.84 Å². The maximum absolute atomic E-state index is 14.7. The number of rotatable bonds is 4. The zero-order chi connectivity index (χ0) is 25.2. The second-order valence-electron chi connectivity index (χ2n) is 8.77. The number of nitrogens with two attached hydrogens (primary N) is 1. The third kappa shape index (κ3) is 5.99. The van der Waals surface area contributed by atoms with Crippen LogP contribution in [0.25, 0.3) is 0 Å². The molecule has 0 aliphatic carbocycles. The number of anilines is 1. The van der Waals surface area contributed by atoms with E-state index >= 15 is 0 Å². The lowest BCUT2D eigenvalue weighted by molar-refractivity contribution is -0.120. The second kappa shape index (κ2) is 10.2. The molecule has 0 radical (unpaired) electrons. The van der Waals surface area contributed by atoms with Crippen molar-refractivity contribution < 1.29 is 23.5 Å². The summed E-state index contributed by atoms with van der Waals surface area (Å²) >= 11 is 7.19. The molecule has 0 spiro atoms. The third-order valence-corrected chi connectivity index (χ3v) is 6.43. The van der Waals surface area contributed by atoms with E-state index in [4.69, 9.17) is 22.2 Å². The molecule has 0 fully saturated rings. The molecule has 1 aliphatic rings. The Morgan fingerprint density at radius 3 is 2.47 bits per heavy atom. The monoisotopic (exact) mass is 508 g/mol. The molecule has 2 atom stereocenters. The van der Waals surface area contributed by atoms with Crippen molar-refractivity contribution in [2.45, 2.75) is 56.0 Å². The smallest absolute Gasteiger partial charge is 0.408 e. The Bertz CT molecular complexity index is 1110. The minimum atomic E-state index is -0.977. The number of nitrogen functional groups attached to an aromatic ring is 1.